The summed E-state index contributed by atoms with van der Waals surface area (Å²) in [5, 5.41) is 10.2. The third-order valence-corrected chi connectivity index (χ3v) is 4.51. The Kier molecular flexibility index (Phi) is 9.75. The smallest absolute Gasteiger partial charge is 0.491 e. The van der Waals surface area contributed by atoms with Gasteiger partial charge in [-0.1, -0.05) is 24.3 Å². The number of carbonyl (C=O) groups excluding carboxylic acids is 4. The second-order valence-electron chi connectivity index (χ2n) is 7.78. The van der Waals surface area contributed by atoms with E-state index in [-0.39, 0.29) is 42.0 Å². The molecule has 0 unspecified atom stereocenters. The highest BCUT2D eigenvalue weighted by Gasteiger charge is 2.43. The molecular weight excluding hydrogens is 499 g/mol. The maximum Gasteiger partial charge on any atom is 0.491 e. The Morgan fingerprint density at radius 3 is 2.35 bits per heavy atom. The van der Waals surface area contributed by atoms with Gasteiger partial charge in [0, 0.05) is 17.5 Å². The van der Waals surface area contributed by atoms with Crippen LogP contribution in [0.25, 0.3) is 0 Å². The lowest BCUT2D eigenvalue weighted by molar-refractivity contribution is -0.202. The fraction of sp³-hybridized carbons (Fsp3) is 0.292. The van der Waals surface area contributed by atoms with E-state index in [1.54, 1.807) is 24.3 Å². The molecule has 0 aliphatic rings. The van der Waals surface area contributed by atoms with E-state index in [9.17, 15) is 32.3 Å². The number of nitrogens with two attached hydrogens (primary N) is 1. The van der Waals surface area contributed by atoms with E-state index >= 15 is 0 Å². The fourth-order valence-corrected chi connectivity index (χ4v) is 2.88. The lowest BCUT2D eigenvalue weighted by atomic mass is 10.0. The Balaban J connectivity index is 2.06. The largest absolute Gasteiger partial charge is 0.491 e. The summed E-state index contributed by atoms with van der Waals surface area (Å²) >= 11 is 0. The first-order chi connectivity index (χ1) is 17.3. The van der Waals surface area contributed by atoms with Gasteiger partial charge in [0.15, 0.2) is 0 Å². The van der Waals surface area contributed by atoms with Crippen molar-refractivity contribution in [3.63, 3.8) is 0 Å². The molecule has 2 rings (SSSR count). The predicted molar refractivity (Wildman–Crippen MR) is 123 cm³/mol. The van der Waals surface area contributed by atoms with E-state index in [4.69, 9.17) is 20.6 Å². The molecule has 0 saturated heterocycles. The van der Waals surface area contributed by atoms with E-state index in [0.29, 0.717) is 11.3 Å². The summed E-state index contributed by atoms with van der Waals surface area (Å²) < 4.78 is 51.6. The number of nitrogens with one attached hydrogen (secondary N) is 2. The number of benzene rings is 2. The van der Waals surface area contributed by atoms with E-state index in [0.717, 1.165) is 0 Å². The Hall–Kier alpha value is -4.42. The maximum absolute atomic E-state index is 12.6. The first kappa shape index (κ1) is 28.8. The molecular formula is C24H24F3N3O7. The molecule has 0 radical (unpaired) electrons. The average molecular weight is 523 g/mol. The molecule has 2 aromatic rings. The number of amidine groups is 1. The van der Waals surface area contributed by atoms with Crippen LogP contribution in [0.3, 0.4) is 0 Å². The van der Waals surface area contributed by atoms with Crippen molar-refractivity contribution in [3.8, 4) is 11.5 Å². The van der Waals surface area contributed by atoms with Crippen molar-refractivity contribution in [2.45, 2.75) is 32.5 Å². The number of hydrogen-bond donors (Lipinski definition) is 3. The number of halogens is 3. The Labute approximate surface area is 209 Å². The van der Waals surface area contributed by atoms with Crippen molar-refractivity contribution >= 4 is 29.5 Å². The highest BCUT2D eigenvalue weighted by molar-refractivity contribution is 6.35. The SMILES string of the molecule is CC(C)Oc1ccccc1C(=O)NCCOc1cc(C(=N)N)ccc1CC(=O)C(=O)OC(=O)C(F)(F)F. The summed E-state index contributed by atoms with van der Waals surface area (Å²) in [7, 11) is 0. The number of alkyl halides is 3. The summed E-state index contributed by atoms with van der Waals surface area (Å²) in [5.74, 6) is -6.65. The standard InChI is InChI=1S/C24H24F3N3O7/c1-13(2)36-18-6-4-3-5-16(18)21(32)30-9-10-35-19-12-15(20(28)29)8-7-14(19)11-17(31)22(33)37-23(34)24(25,26)27/h3-8,12-13H,9-11H2,1-2H3,(H3,28,29)(H,30,32). The van der Waals surface area contributed by atoms with Gasteiger partial charge in [0.25, 0.3) is 5.91 Å². The molecule has 0 aromatic heterocycles. The van der Waals surface area contributed by atoms with Crippen molar-refractivity contribution in [2.24, 2.45) is 5.73 Å². The molecule has 0 spiro atoms. The highest BCUT2D eigenvalue weighted by atomic mass is 19.4. The second-order valence-corrected chi connectivity index (χ2v) is 7.78. The minimum Gasteiger partial charge on any atom is -0.491 e. The summed E-state index contributed by atoms with van der Waals surface area (Å²) in [6.45, 7) is 3.49. The quantitative estimate of drug-likeness (QED) is 0.101. The zero-order valence-electron chi connectivity index (χ0n) is 19.8. The zero-order valence-corrected chi connectivity index (χ0v) is 19.8. The van der Waals surface area contributed by atoms with Gasteiger partial charge in [-0.2, -0.15) is 13.2 Å². The van der Waals surface area contributed by atoms with Gasteiger partial charge in [0.2, 0.25) is 5.78 Å². The number of ketones is 1. The van der Waals surface area contributed by atoms with E-state index in [1.165, 1.54) is 18.2 Å². The van der Waals surface area contributed by atoms with Crippen LogP contribution in [-0.2, 0) is 25.5 Å². The van der Waals surface area contributed by atoms with Crippen molar-refractivity contribution in [3.05, 3.63) is 59.2 Å². The van der Waals surface area contributed by atoms with Crippen molar-refractivity contribution < 1.29 is 46.6 Å². The lowest BCUT2D eigenvalue weighted by Crippen LogP contribution is -2.31. The van der Waals surface area contributed by atoms with Crippen LogP contribution in [-0.4, -0.2) is 54.9 Å². The highest BCUT2D eigenvalue weighted by Crippen LogP contribution is 2.23. The summed E-state index contributed by atoms with van der Waals surface area (Å²) in [5.41, 5.74) is 6.01. The number of amides is 1. The Bertz CT molecular complexity index is 1200. The number of carbonyl (C=O) groups is 4. The molecule has 4 N–H and O–H groups in total. The first-order valence-electron chi connectivity index (χ1n) is 10.8. The minimum atomic E-state index is -5.45. The first-order valence-corrected chi connectivity index (χ1v) is 10.8. The van der Waals surface area contributed by atoms with Gasteiger partial charge in [0.05, 0.1) is 18.2 Å². The number of ether oxygens (including phenoxy) is 3. The number of rotatable bonds is 11. The molecule has 37 heavy (non-hydrogen) atoms. The monoisotopic (exact) mass is 523 g/mol. The molecule has 0 saturated carbocycles. The Morgan fingerprint density at radius 2 is 1.73 bits per heavy atom. The zero-order chi connectivity index (χ0) is 27.8. The van der Waals surface area contributed by atoms with E-state index in [1.807, 2.05) is 13.8 Å². The van der Waals surface area contributed by atoms with Crippen LogP contribution in [0.5, 0.6) is 11.5 Å². The van der Waals surface area contributed by atoms with Gasteiger partial charge in [-0.25, -0.2) is 9.59 Å². The molecule has 0 aliphatic carbocycles. The molecule has 198 valence electrons. The predicted octanol–water partition coefficient (Wildman–Crippen LogP) is 2.31. The number of hydrogen-bond acceptors (Lipinski definition) is 8. The molecule has 1 amide bonds. The molecule has 2 aromatic carbocycles. The average Bonchev–Trinajstić information content (AvgIpc) is 2.81. The van der Waals surface area contributed by atoms with Crippen LogP contribution in [0.1, 0.15) is 35.3 Å². The topological polar surface area (TPSA) is 158 Å². The molecule has 0 bridgehead atoms. The third kappa shape index (κ3) is 8.63. The Morgan fingerprint density at radius 1 is 1.05 bits per heavy atom. The van der Waals surface area contributed by atoms with Crippen LogP contribution in [0.2, 0.25) is 0 Å². The molecule has 0 atom stereocenters. The number of para-hydroxylation sites is 1. The van der Waals surface area contributed by atoms with Gasteiger partial charge >= 0.3 is 18.1 Å². The molecule has 0 fully saturated rings. The lowest BCUT2D eigenvalue weighted by Gasteiger charge is -2.15. The van der Waals surface area contributed by atoms with Crippen LogP contribution in [0.4, 0.5) is 13.2 Å². The molecule has 13 heteroatoms. The number of esters is 2. The van der Waals surface area contributed by atoms with Gasteiger partial charge < -0.3 is 25.3 Å². The number of nitrogen functional groups attached to an aromatic ring is 1. The summed E-state index contributed by atoms with van der Waals surface area (Å²) in [6, 6.07) is 10.5. The summed E-state index contributed by atoms with van der Waals surface area (Å²) in [4.78, 5) is 47.0. The van der Waals surface area contributed by atoms with Gasteiger partial charge in [-0.05, 0) is 32.0 Å². The van der Waals surface area contributed by atoms with E-state index < -0.39 is 36.2 Å². The normalized spacial score (nSPS) is 11.0. The van der Waals surface area contributed by atoms with Crippen LogP contribution in [0, 0.1) is 5.41 Å². The minimum absolute atomic E-state index is 0.00530. The maximum atomic E-state index is 12.6. The molecule has 0 heterocycles. The number of Topliss-reactive ketones (excluding diaryl/α,β-unsaturated/α-hetero) is 1. The molecule has 10 nitrogen and oxygen atoms in total. The van der Waals surface area contributed by atoms with E-state index in [2.05, 4.69) is 10.1 Å². The van der Waals surface area contributed by atoms with Gasteiger partial charge in [-0.3, -0.25) is 15.0 Å². The van der Waals surface area contributed by atoms with Crippen LogP contribution >= 0.6 is 0 Å². The third-order valence-electron chi connectivity index (χ3n) is 4.51. The summed E-state index contributed by atoms with van der Waals surface area (Å²) in [6.07, 6.45) is -6.36. The van der Waals surface area contributed by atoms with Crippen molar-refractivity contribution in [1.82, 2.24) is 5.32 Å². The van der Waals surface area contributed by atoms with Crippen LogP contribution in [0.15, 0.2) is 42.5 Å². The van der Waals surface area contributed by atoms with Crippen molar-refractivity contribution in [1.29, 1.82) is 5.41 Å². The fourth-order valence-electron chi connectivity index (χ4n) is 2.88. The molecule has 0 aliphatic heterocycles. The van der Waals surface area contributed by atoms with Gasteiger partial charge in [-0.15, -0.1) is 0 Å². The van der Waals surface area contributed by atoms with Crippen molar-refractivity contribution in [2.75, 3.05) is 13.2 Å². The van der Waals surface area contributed by atoms with Gasteiger partial charge in [0.1, 0.15) is 23.9 Å². The van der Waals surface area contributed by atoms with Crippen LogP contribution < -0.4 is 20.5 Å². The second kappa shape index (κ2) is 12.5.